The average Bonchev–Trinajstić information content (AvgIpc) is 3.27. The minimum absolute atomic E-state index is 0.0262. The van der Waals surface area contributed by atoms with Crippen LogP contribution in [0.3, 0.4) is 0 Å². The zero-order valence-electron chi connectivity index (χ0n) is 14.7. The van der Waals surface area contributed by atoms with Crippen LogP contribution in [0, 0.1) is 36.0 Å². The molecule has 2 aromatic rings. The number of anilines is 1. The van der Waals surface area contributed by atoms with Crippen molar-refractivity contribution in [2.24, 2.45) is 17.8 Å². The van der Waals surface area contributed by atoms with Crippen LogP contribution in [0.2, 0.25) is 5.02 Å². The number of rotatable bonds is 3. The molecule has 1 aromatic carbocycles. The molecule has 2 saturated heterocycles. The van der Waals surface area contributed by atoms with Crippen LogP contribution < -0.4 is 5.32 Å². The molecule has 1 amide bonds. The largest absolute Gasteiger partial charge is 0.373 e. The summed E-state index contributed by atoms with van der Waals surface area (Å²) < 4.78 is 6.22. The van der Waals surface area contributed by atoms with Crippen molar-refractivity contribution in [1.29, 1.82) is 5.26 Å². The number of carbonyl (C=O) groups excluding carboxylic acids is 1. The fraction of sp³-hybridized carbons (Fsp3) is 0.381. The molecule has 2 aliphatic heterocycles. The van der Waals surface area contributed by atoms with Gasteiger partial charge in [-0.3, -0.25) is 9.78 Å². The molecular formula is C21H18ClN3O2. The summed E-state index contributed by atoms with van der Waals surface area (Å²) in [5.74, 6) is 0.737. The molecule has 6 unspecified atom stereocenters. The Labute approximate surface area is 162 Å². The highest BCUT2D eigenvalue weighted by Gasteiger charge is 2.68. The number of nitrogens with zero attached hydrogens (tertiary/aromatic N) is 2. The van der Waals surface area contributed by atoms with E-state index >= 15 is 0 Å². The van der Waals surface area contributed by atoms with Gasteiger partial charge < -0.3 is 10.1 Å². The zero-order chi connectivity index (χ0) is 18.7. The van der Waals surface area contributed by atoms with Crippen molar-refractivity contribution in [1.82, 2.24) is 4.98 Å². The Bertz CT molecular complexity index is 986. The lowest BCUT2D eigenvalue weighted by atomic mass is 9.75. The summed E-state index contributed by atoms with van der Waals surface area (Å²) in [6.45, 7) is 1.96. The summed E-state index contributed by atoms with van der Waals surface area (Å²) in [6, 6.07) is 11.1. The topological polar surface area (TPSA) is 75.0 Å². The number of hydrogen-bond donors (Lipinski definition) is 1. The molecule has 5 rings (SSSR count). The third-order valence-corrected chi connectivity index (χ3v) is 6.35. The van der Waals surface area contributed by atoms with E-state index in [4.69, 9.17) is 16.3 Å². The smallest absolute Gasteiger partial charge is 0.230 e. The number of hydrogen-bond acceptors (Lipinski definition) is 4. The molecule has 6 heteroatoms. The van der Waals surface area contributed by atoms with E-state index in [0.29, 0.717) is 28.1 Å². The van der Waals surface area contributed by atoms with Crippen molar-refractivity contribution in [3.8, 4) is 6.07 Å². The van der Waals surface area contributed by atoms with Gasteiger partial charge in [0.25, 0.3) is 0 Å². The van der Waals surface area contributed by atoms with Gasteiger partial charge in [-0.25, -0.2) is 0 Å². The van der Waals surface area contributed by atoms with Crippen molar-refractivity contribution in [2.45, 2.75) is 31.5 Å². The Morgan fingerprint density at radius 2 is 2.11 bits per heavy atom. The fourth-order valence-corrected chi connectivity index (χ4v) is 5.08. The number of aromatic nitrogens is 1. The van der Waals surface area contributed by atoms with Crippen LogP contribution in [0.15, 0.2) is 36.5 Å². The third kappa shape index (κ3) is 2.63. The number of benzene rings is 1. The minimum Gasteiger partial charge on any atom is -0.373 e. The minimum atomic E-state index is -0.261. The van der Waals surface area contributed by atoms with Crippen molar-refractivity contribution in [3.63, 3.8) is 0 Å². The third-order valence-electron chi connectivity index (χ3n) is 6.11. The molecule has 3 aliphatic rings. The van der Waals surface area contributed by atoms with Gasteiger partial charge in [0.15, 0.2) is 0 Å². The molecule has 0 radical (unpaired) electrons. The summed E-state index contributed by atoms with van der Waals surface area (Å²) >= 11 is 5.96. The number of pyridine rings is 1. The lowest BCUT2D eigenvalue weighted by molar-refractivity contribution is -0.122. The molecule has 3 fully saturated rings. The van der Waals surface area contributed by atoms with Crippen LogP contribution >= 0.6 is 11.6 Å². The van der Waals surface area contributed by atoms with Gasteiger partial charge >= 0.3 is 0 Å². The molecule has 1 saturated carbocycles. The highest BCUT2D eigenvalue weighted by molar-refractivity contribution is 6.30. The molecule has 27 heavy (non-hydrogen) atoms. The van der Waals surface area contributed by atoms with Crippen LogP contribution in [-0.2, 0) is 9.53 Å². The number of aryl methyl sites for hydroxylation is 1. The number of fused-ring (bicyclic) bond motifs is 5. The molecule has 1 aromatic heterocycles. The SMILES string of the molecule is Cc1cc(C2C3OC(C4CC43)C2C(=O)Nc2ccc(Cl)cc2C#N)ccn1. The first-order valence-electron chi connectivity index (χ1n) is 9.15. The Hall–Kier alpha value is -2.42. The Kier molecular flexibility index (Phi) is 3.75. The summed E-state index contributed by atoms with van der Waals surface area (Å²) in [5, 5.41) is 12.8. The van der Waals surface area contributed by atoms with E-state index in [1.165, 1.54) is 0 Å². The van der Waals surface area contributed by atoms with Gasteiger partial charge in [-0.1, -0.05) is 11.6 Å². The standard InChI is InChI=1S/C21H18ClN3O2/c1-10-6-11(4-5-24-10)17-18(20-15-8-14(15)19(17)27-20)21(26)25-16-3-2-13(22)7-12(16)9-23/h2-7,14-15,17-20H,8H2,1H3,(H,25,26). The maximum atomic E-state index is 13.2. The average molecular weight is 380 g/mol. The van der Waals surface area contributed by atoms with E-state index in [0.717, 1.165) is 17.7 Å². The zero-order valence-corrected chi connectivity index (χ0v) is 15.5. The molecule has 6 atom stereocenters. The van der Waals surface area contributed by atoms with Crippen molar-refractivity contribution < 1.29 is 9.53 Å². The van der Waals surface area contributed by atoms with Gasteiger partial charge in [0, 0.05) is 22.8 Å². The summed E-state index contributed by atoms with van der Waals surface area (Å²) in [5.41, 5.74) is 2.90. The van der Waals surface area contributed by atoms with Crippen LogP contribution in [0.4, 0.5) is 5.69 Å². The van der Waals surface area contributed by atoms with Gasteiger partial charge in [-0.2, -0.15) is 5.26 Å². The van der Waals surface area contributed by atoms with Crippen LogP contribution in [0.1, 0.15) is 29.2 Å². The van der Waals surface area contributed by atoms with Crippen molar-refractivity contribution in [2.75, 3.05) is 5.32 Å². The van der Waals surface area contributed by atoms with E-state index in [-0.39, 0.29) is 30.0 Å². The maximum absolute atomic E-state index is 13.2. The van der Waals surface area contributed by atoms with E-state index < -0.39 is 0 Å². The van der Waals surface area contributed by atoms with E-state index in [1.807, 2.05) is 13.0 Å². The van der Waals surface area contributed by atoms with Gasteiger partial charge in [0.1, 0.15) is 6.07 Å². The first-order chi connectivity index (χ1) is 13.1. The molecule has 0 spiro atoms. The Morgan fingerprint density at radius 3 is 2.89 bits per heavy atom. The van der Waals surface area contributed by atoms with Crippen LogP contribution in [0.5, 0.6) is 0 Å². The molecular weight excluding hydrogens is 362 g/mol. The predicted molar refractivity (Wildman–Crippen MR) is 100 cm³/mol. The maximum Gasteiger partial charge on any atom is 0.230 e. The second-order valence-electron chi connectivity index (χ2n) is 7.70. The number of carbonyl (C=O) groups is 1. The number of halogens is 1. The number of nitriles is 1. The van der Waals surface area contributed by atoms with Crippen molar-refractivity contribution >= 4 is 23.2 Å². The van der Waals surface area contributed by atoms with Crippen LogP contribution in [-0.4, -0.2) is 23.1 Å². The molecule has 5 nitrogen and oxygen atoms in total. The quantitative estimate of drug-likeness (QED) is 0.882. The highest BCUT2D eigenvalue weighted by atomic mass is 35.5. The molecule has 2 bridgehead atoms. The predicted octanol–water partition coefficient (Wildman–Crippen LogP) is 3.67. The highest BCUT2D eigenvalue weighted by Crippen LogP contribution is 2.65. The first-order valence-corrected chi connectivity index (χ1v) is 9.53. The van der Waals surface area contributed by atoms with Crippen LogP contribution in [0.25, 0.3) is 0 Å². The second-order valence-corrected chi connectivity index (χ2v) is 8.14. The molecule has 136 valence electrons. The Balaban J connectivity index is 1.47. The van der Waals surface area contributed by atoms with Gasteiger partial charge in [0.2, 0.25) is 5.91 Å². The number of amides is 1. The number of nitrogens with one attached hydrogen (secondary N) is 1. The molecule has 3 heterocycles. The van der Waals surface area contributed by atoms with E-state index in [9.17, 15) is 10.1 Å². The van der Waals surface area contributed by atoms with Gasteiger partial charge in [0.05, 0.1) is 29.4 Å². The normalized spacial score (nSPS) is 32.6. The first kappa shape index (κ1) is 16.7. The van der Waals surface area contributed by atoms with E-state index in [2.05, 4.69) is 22.4 Å². The summed E-state index contributed by atoms with van der Waals surface area (Å²) in [4.78, 5) is 17.5. The molecule has 1 aliphatic carbocycles. The monoisotopic (exact) mass is 379 g/mol. The Morgan fingerprint density at radius 1 is 1.30 bits per heavy atom. The summed E-state index contributed by atoms with van der Waals surface area (Å²) in [6.07, 6.45) is 2.99. The van der Waals surface area contributed by atoms with Gasteiger partial charge in [-0.15, -0.1) is 0 Å². The second kappa shape index (κ2) is 6.05. The lowest BCUT2D eigenvalue weighted by Gasteiger charge is -2.27. The van der Waals surface area contributed by atoms with Gasteiger partial charge in [-0.05, 0) is 61.1 Å². The molecule has 1 N–H and O–H groups in total. The fourth-order valence-electron chi connectivity index (χ4n) is 4.90. The summed E-state index contributed by atoms with van der Waals surface area (Å²) in [7, 11) is 0. The van der Waals surface area contributed by atoms with E-state index in [1.54, 1.807) is 24.4 Å². The van der Waals surface area contributed by atoms with Crippen molar-refractivity contribution in [3.05, 3.63) is 58.4 Å². The number of ether oxygens (including phenoxy) is 1. The lowest BCUT2D eigenvalue weighted by Crippen LogP contribution is -2.37.